The van der Waals surface area contributed by atoms with Crippen molar-refractivity contribution < 1.29 is 4.74 Å². The molecular weight excluding hydrogens is 326 g/mol. The molecule has 2 N–H and O–H groups in total. The second kappa shape index (κ2) is 8.80. The fourth-order valence-electron chi connectivity index (χ4n) is 2.65. The molecule has 0 amide bonds. The number of nitrogens with one attached hydrogen (secondary N) is 2. The number of anilines is 2. The van der Waals surface area contributed by atoms with E-state index in [0.717, 1.165) is 35.8 Å². The zero-order chi connectivity index (χ0) is 18.2. The molecule has 0 atom stereocenters. The first-order chi connectivity index (χ1) is 12.7. The molecule has 0 aliphatic heterocycles. The maximum Gasteiger partial charge on any atom is 0.225 e. The van der Waals surface area contributed by atoms with Crippen LogP contribution >= 0.6 is 0 Å². The zero-order valence-electron chi connectivity index (χ0n) is 15.1. The second-order valence-corrected chi connectivity index (χ2v) is 5.92. The zero-order valence-corrected chi connectivity index (χ0v) is 15.1. The summed E-state index contributed by atoms with van der Waals surface area (Å²) in [6, 6.07) is 13.9. The summed E-state index contributed by atoms with van der Waals surface area (Å²) in [4.78, 5) is 13.0. The van der Waals surface area contributed by atoms with Crippen LogP contribution in [0.15, 0.2) is 54.9 Å². The van der Waals surface area contributed by atoms with Crippen molar-refractivity contribution in [3.63, 3.8) is 0 Å². The quantitative estimate of drug-likeness (QED) is 0.649. The Bertz CT molecular complexity index is 839. The molecule has 0 spiro atoms. The van der Waals surface area contributed by atoms with Gasteiger partial charge in [-0.25, -0.2) is 4.98 Å². The minimum absolute atomic E-state index is 0.613. The molecule has 3 aromatic rings. The molecule has 6 heteroatoms. The molecule has 0 saturated heterocycles. The topological polar surface area (TPSA) is 72.0 Å². The molecule has 2 aromatic heterocycles. The highest BCUT2D eigenvalue weighted by Gasteiger charge is 2.04. The van der Waals surface area contributed by atoms with Gasteiger partial charge in [-0.15, -0.1) is 0 Å². The summed E-state index contributed by atoms with van der Waals surface area (Å²) in [7, 11) is 1.70. The molecule has 134 valence electrons. The Morgan fingerprint density at radius 2 is 1.81 bits per heavy atom. The Hall–Kier alpha value is -3.15. The number of benzene rings is 1. The van der Waals surface area contributed by atoms with Gasteiger partial charge in [-0.05, 0) is 42.7 Å². The van der Waals surface area contributed by atoms with E-state index in [4.69, 9.17) is 4.74 Å². The van der Waals surface area contributed by atoms with Gasteiger partial charge in [0.1, 0.15) is 11.6 Å². The van der Waals surface area contributed by atoms with Crippen LogP contribution in [0.25, 0.3) is 0 Å². The Morgan fingerprint density at radius 1 is 1.00 bits per heavy atom. The highest BCUT2D eigenvalue weighted by Crippen LogP contribution is 2.18. The van der Waals surface area contributed by atoms with Crippen LogP contribution in [0.2, 0.25) is 0 Å². The first kappa shape index (κ1) is 17.7. The summed E-state index contributed by atoms with van der Waals surface area (Å²) in [5.41, 5.74) is 3.22. The number of pyridine rings is 1. The van der Waals surface area contributed by atoms with Crippen LogP contribution < -0.4 is 15.4 Å². The van der Waals surface area contributed by atoms with Gasteiger partial charge < -0.3 is 15.4 Å². The van der Waals surface area contributed by atoms with Crippen LogP contribution in [0, 0.1) is 6.92 Å². The summed E-state index contributed by atoms with van der Waals surface area (Å²) < 4.78 is 5.39. The number of methoxy groups -OCH3 is 1. The van der Waals surface area contributed by atoms with Crippen LogP contribution in [0.1, 0.15) is 16.8 Å². The third kappa shape index (κ3) is 4.92. The molecule has 0 unspecified atom stereocenters. The molecule has 26 heavy (non-hydrogen) atoms. The number of rotatable bonds is 8. The first-order valence-electron chi connectivity index (χ1n) is 8.59. The van der Waals surface area contributed by atoms with Crippen molar-refractivity contribution in [2.75, 3.05) is 24.3 Å². The highest BCUT2D eigenvalue weighted by molar-refractivity contribution is 5.43. The summed E-state index contributed by atoms with van der Waals surface area (Å²) in [6.07, 6.45) is 4.41. The Kier molecular flexibility index (Phi) is 5.98. The normalized spacial score (nSPS) is 10.4. The SMILES string of the molecule is COc1ccccc1CCNc1cc(C)nc(NCc2ccncc2)n1. The van der Waals surface area contributed by atoms with E-state index in [9.17, 15) is 0 Å². The van der Waals surface area contributed by atoms with E-state index in [0.29, 0.717) is 12.5 Å². The predicted molar refractivity (Wildman–Crippen MR) is 104 cm³/mol. The number of para-hydroxylation sites is 1. The van der Waals surface area contributed by atoms with Gasteiger partial charge in [-0.3, -0.25) is 4.98 Å². The summed E-state index contributed by atoms with van der Waals surface area (Å²) in [6.45, 7) is 3.39. The highest BCUT2D eigenvalue weighted by atomic mass is 16.5. The van der Waals surface area contributed by atoms with Crippen molar-refractivity contribution >= 4 is 11.8 Å². The summed E-state index contributed by atoms with van der Waals surface area (Å²) in [5, 5.41) is 6.63. The maximum atomic E-state index is 5.39. The smallest absolute Gasteiger partial charge is 0.225 e. The van der Waals surface area contributed by atoms with Crippen LogP contribution in [-0.2, 0) is 13.0 Å². The van der Waals surface area contributed by atoms with Gasteiger partial charge >= 0.3 is 0 Å². The van der Waals surface area contributed by atoms with Gasteiger partial charge in [-0.2, -0.15) is 4.98 Å². The number of nitrogens with zero attached hydrogens (tertiary/aromatic N) is 3. The van der Waals surface area contributed by atoms with Crippen LogP contribution in [-0.4, -0.2) is 28.6 Å². The molecule has 6 nitrogen and oxygen atoms in total. The first-order valence-corrected chi connectivity index (χ1v) is 8.59. The monoisotopic (exact) mass is 349 g/mol. The van der Waals surface area contributed by atoms with Crippen molar-refractivity contribution in [2.24, 2.45) is 0 Å². The second-order valence-electron chi connectivity index (χ2n) is 5.92. The van der Waals surface area contributed by atoms with Gasteiger partial charge in [-0.1, -0.05) is 18.2 Å². The van der Waals surface area contributed by atoms with Crippen LogP contribution in [0.5, 0.6) is 5.75 Å². The lowest BCUT2D eigenvalue weighted by Crippen LogP contribution is -2.10. The average Bonchev–Trinajstić information content (AvgIpc) is 2.67. The van der Waals surface area contributed by atoms with Gasteiger partial charge in [0, 0.05) is 37.2 Å². The lowest BCUT2D eigenvalue weighted by Gasteiger charge is -2.11. The van der Waals surface area contributed by atoms with Crippen LogP contribution in [0.4, 0.5) is 11.8 Å². The van der Waals surface area contributed by atoms with Gasteiger partial charge in [0.2, 0.25) is 5.95 Å². The fraction of sp³-hybridized carbons (Fsp3) is 0.250. The van der Waals surface area contributed by atoms with Crippen LogP contribution in [0.3, 0.4) is 0 Å². The van der Waals surface area contributed by atoms with E-state index < -0.39 is 0 Å². The third-order valence-electron chi connectivity index (χ3n) is 3.95. The van der Waals surface area contributed by atoms with E-state index in [1.165, 1.54) is 5.56 Å². The number of aromatic nitrogens is 3. The van der Waals surface area contributed by atoms with Gasteiger partial charge in [0.15, 0.2) is 0 Å². The molecule has 0 radical (unpaired) electrons. The van der Waals surface area contributed by atoms with Crippen molar-refractivity contribution in [3.05, 3.63) is 71.7 Å². The molecule has 3 rings (SSSR count). The largest absolute Gasteiger partial charge is 0.496 e. The van der Waals surface area contributed by atoms with Gasteiger partial charge in [0.05, 0.1) is 7.11 Å². The fourth-order valence-corrected chi connectivity index (χ4v) is 2.65. The lowest BCUT2D eigenvalue weighted by atomic mass is 10.1. The maximum absolute atomic E-state index is 5.39. The third-order valence-corrected chi connectivity index (χ3v) is 3.95. The number of hydrogen-bond acceptors (Lipinski definition) is 6. The molecule has 0 saturated carbocycles. The Morgan fingerprint density at radius 3 is 2.62 bits per heavy atom. The standard InChI is InChI=1S/C20H23N5O/c1-15-13-19(22-12-9-17-5-3-4-6-18(17)26-2)25-20(24-15)23-14-16-7-10-21-11-8-16/h3-8,10-11,13H,9,12,14H2,1-2H3,(H2,22,23,24,25). The minimum atomic E-state index is 0.613. The molecule has 0 bridgehead atoms. The van der Waals surface area contributed by atoms with Crippen molar-refractivity contribution in [2.45, 2.75) is 19.9 Å². The Balaban J connectivity index is 1.59. The number of ether oxygens (including phenoxy) is 1. The predicted octanol–water partition coefficient (Wildman–Crippen LogP) is 3.46. The lowest BCUT2D eigenvalue weighted by molar-refractivity contribution is 0.410. The van der Waals surface area contributed by atoms with E-state index in [1.807, 2.05) is 43.3 Å². The van der Waals surface area contributed by atoms with E-state index in [1.54, 1.807) is 19.5 Å². The number of hydrogen-bond donors (Lipinski definition) is 2. The van der Waals surface area contributed by atoms with E-state index in [-0.39, 0.29) is 0 Å². The molecule has 2 heterocycles. The summed E-state index contributed by atoms with van der Waals surface area (Å²) >= 11 is 0. The molecular formula is C20H23N5O. The summed E-state index contributed by atoms with van der Waals surface area (Å²) in [5.74, 6) is 2.33. The van der Waals surface area contributed by atoms with E-state index >= 15 is 0 Å². The number of aryl methyl sites for hydroxylation is 1. The van der Waals surface area contributed by atoms with Crippen molar-refractivity contribution in [1.82, 2.24) is 15.0 Å². The molecule has 0 aliphatic rings. The van der Waals surface area contributed by atoms with Crippen molar-refractivity contribution in [1.29, 1.82) is 0 Å². The average molecular weight is 349 g/mol. The molecule has 0 fully saturated rings. The van der Waals surface area contributed by atoms with Gasteiger partial charge in [0.25, 0.3) is 0 Å². The Labute approximate surface area is 153 Å². The molecule has 0 aliphatic carbocycles. The van der Waals surface area contributed by atoms with E-state index in [2.05, 4.69) is 31.7 Å². The van der Waals surface area contributed by atoms with Crippen molar-refractivity contribution in [3.8, 4) is 5.75 Å². The molecule has 1 aromatic carbocycles. The minimum Gasteiger partial charge on any atom is -0.496 e.